The van der Waals surface area contributed by atoms with Crippen molar-refractivity contribution in [3.05, 3.63) is 24.0 Å². The van der Waals surface area contributed by atoms with E-state index in [9.17, 15) is 0 Å². The average Bonchev–Trinajstić information content (AvgIpc) is 2.15. The third-order valence-corrected chi connectivity index (χ3v) is 1.73. The lowest BCUT2D eigenvalue weighted by Gasteiger charge is -2.05. The summed E-state index contributed by atoms with van der Waals surface area (Å²) in [6, 6.07) is 1.87. The number of hydrogen-bond acceptors (Lipinski definition) is 3. The summed E-state index contributed by atoms with van der Waals surface area (Å²) >= 11 is 0. The summed E-state index contributed by atoms with van der Waals surface area (Å²) in [7, 11) is 1.67. The van der Waals surface area contributed by atoms with Crippen LogP contribution in [0.1, 0.15) is 12.0 Å². The van der Waals surface area contributed by atoms with Crippen LogP contribution >= 0.6 is 0 Å². The fourth-order valence-corrected chi connectivity index (χ4v) is 1.09. The fraction of sp³-hybridized carbons (Fsp3) is 0.444. The fourth-order valence-electron chi connectivity index (χ4n) is 1.09. The molecule has 0 saturated heterocycles. The van der Waals surface area contributed by atoms with E-state index in [1.807, 2.05) is 12.3 Å². The molecule has 0 atom stereocenters. The van der Waals surface area contributed by atoms with Gasteiger partial charge >= 0.3 is 0 Å². The number of aryl methyl sites for hydroxylation is 1. The molecule has 0 aromatic carbocycles. The summed E-state index contributed by atoms with van der Waals surface area (Å²) in [6.45, 7) is 0.706. The quantitative estimate of drug-likeness (QED) is 0.725. The second-order valence-electron chi connectivity index (χ2n) is 2.58. The van der Waals surface area contributed by atoms with E-state index < -0.39 is 0 Å². The van der Waals surface area contributed by atoms with Gasteiger partial charge < -0.3 is 10.5 Å². The maximum atomic E-state index is 5.41. The van der Waals surface area contributed by atoms with Crippen LogP contribution in [0.2, 0.25) is 0 Å². The van der Waals surface area contributed by atoms with E-state index in [1.165, 1.54) is 0 Å². The Bertz CT molecular complexity index is 238. The van der Waals surface area contributed by atoms with Crippen LogP contribution < -0.4 is 10.5 Å². The number of pyridine rings is 1. The maximum absolute atomic E-state index is 5.41. The highest BCUT2D eigenvalue weighted by Gasteiger charge is 2.00. The maximum Gasteiger partial charge on any atom is 0.125 e. The van der Waals surface area contributed by atoms with Gasteiger partial charge in [0, 0.05) is 18.0 Å². The molecule has 0 aliphatic heterocycles. The Hall–Kier alpha value is -1.09. The van der Waals surface area contributed by atoms with Gasteiger partial charge in [0.05, 0.1) is 7.11 Å². The smallest absolute Gasteiger partial charge is 0.125 e. The monoisotopic (exact) mass is 166 g/mol. The number of nitrogens with zero attached hydrogens (tertiary/aromatic N) is 1. The molecule has 66 valence electrons. The zero-order chi connectivity index (χ0) is 8.81. The molecular formula is C9H14N2O. The summed E-state index contributed by atoms with van der Waals surface area (Å²) < 4.78 is 5.16. The lowest BCUT2D eigenvalue weighted by molar-refractivity contribution is 0.408. The number of aromatic nitrogens is 1. The first-order valence-corrected chi connectivity index (χ1v) is 4.05. The largest absolute Gasteiger partial charge is 0.496 e. The summed E-state index contributed by atoms with van der Waals surface area (Å²) in [5, 5.41) is 0. The molecule has 0 aliphatic carbocycles. The predicted molar refractivity (Wildman–Crippen MR) is 48.2 cm³/mol. The van der Waals surface area contributed by atoms with Gasteiger partial charge in [-0.25, -0.2) is 0 Å². The van der Waals surface area contributed by atoms with Gasteiger partial charge in [0.25, 0.3) is 0 Å². The highest BCUT2D eigenvalue weighted by molar-refractivity contribution is 5.29. The molecule has 0 fully saturated rings. The van der Waals surface area contributed by atoms with Crippen LogP contribution in [-0.4, -0.2) is 18.6 Å². The van der Waals surface area contributed by atoms with E-state index in [-0.39, 0.29) is 0 Å². The first kappa shape index (κ1) is 9.00. The standard InChI is InChI=1S/C9H14N2O/c1-12-9-4-6-11-7-8(9)3-2-5-10/h4,6-7H,2-3,5,10H2,1H3. The normalized spacial score (nSPS) is 9.83. The SMILES string of the molecule is COc1ccncc1CCCN. The van der Waals surface area contributed by atoms with E-state index in [1.54, 1.807) is 13.3 Å². The lowest BCUT2D eigenvalue weighted by Crippen LogP contribution is -2.01. The molecule has 0 unspecified atom stereocenters. The summed E-state index contributed by atoms with van der Waals surface area (Å²) in [5.74, 6) is 0.901. The molecule has 0 bridgehead atoms. The Balaban J connectivity index is 2.68. The molecule has 0 aliphatic rings. The third-order valence-electron chi connectivity index (χ3n) is 1.73. The van der Waals surface area contributed by atoms with Crippen LogP contribution in [0.5, 0.6) is 5.75 Å². The second kappa shape index (κ2) is 4.72. The van der Waals surface area contributed by atoms with Gasteiger partial charge in [-0.3, -0.25) is 4.98 Å². The van der Waals surface area contributed by atoms with Gasteiger partial charge in [-0.1, -0.05) is 0 Å². The van der Waals surface area contributed by atoms with Crippen molar-refractivity contribution in [2.75, 3.05) is 13.7 Å². The molecule has 3 heteroatoms. The molecule has 1 aromatic heterocycles. The molecule has 1 rings (SSSR count). The Morgan fingerprint density at radius 1 is 1.58 bits per heavy atom. The Morgan fingerprint density at radius 3 is 3.08 bits per heavy atom. The minimum atomic E-state index is 0.706. The van der Waals surface area contributed by atoms with E-state index >= 15 is 0 Å². The zero-order valence-corrected chi connectivity index (χ0v) is 7.29. The van der Waals surface area contributed by atoms with Crippen molar-refractivity contribution >= 4 is 0 Å². The van der Waals surface area contributed by atoms with Gasteiger partial charge in [-0.15, -0.1) is 0 Å². The molecule has 12 heavy (non-hydrogen) atoms. The molecule has 0 saturated carbocycles. The van der Waals surface area contributed by atoms with Crippen LogP contribution in [0.15, 0.2) is 18.5 Å². The Kier molecular flexibility index (Phi) is 3.54. The van der Waals surface area contributed by atoms with Gasteiger partial charge in [-0.2, -0.15) is 0 Å². The lowest BCUT2D eigenvalue weighted by atomic mass is 10.1. The van der Waals surface area contributed by atoms with Crippen LogP contribution in [0, 0.1) is 0 Å². The molecule has 0 radical (unpaired) electrons. The number of ether oxygens (including phenoxy) is 1. The molecule has 1 heterocycles. The molecule has 0 amide bonds. The highest BCUT2D eigenvalue weighted by atomic mass is 16.5. The summed E-state index contributed by atoms with van der Waals surface area (Å²) in [6.07, 6.45) is 5.47. The molecule has 0 spiro atoms. The zero-order valence-electron chi connectivity index (χ0n) is 7.29. The van der Waals surface area contributed by atoms with Gasteiger partial charge in [0.15, 0.2) is 0 Å². The summed E-state index contributed by atoms with van der Waals surface area (Å²) in [4.78, 5) is 4.03. The van der Waals surface area contributed by atoms with Crippen molar-refractivity contribution in [1.29, 1.82) is 0 Å². The van der Waals surface area contributed by atoms with Crippen molar-refractivity contribution in [3.63, 3.8) is 0 Å². The number of hydrogen-bond donors (Lipinski definition) is 1. The first-order valence-electron chi connectivity index (χ1n) is 4.05. The first-order chi connectivity index (χ1) is 5.88. The highest BCUT2D eigenvalue weighted by Crippen LogP contribution is 2.16. The van der Waals surface area contributed by atoms with Crippen molar-refractivity contribution in [3.8, 4) is 5.75 Å². The van der Waals surface area contributed by atoms with Crippen LogP contribution in [-0.2, 0) is 6.42 Å². The minimum absolute atomic E-state index is 0.706. The third kappa shape index (κ3) is 2.20. The van der Waals surface area contributed by atoms with Crippen molar-refractivity contribution < 1.29 is 4.74 Å². The molecule has 3 nitrogen and oxygen atoms in total. The Morgan fingerprint density at radius 2 is 2.42 bits per heavy atom. The molecule has 1 aromatic rings. The Labute approximate surface area is 72.6 Å². The number of methoxy groups -OCH3 is 1. The van der Waals surface area contributed by atoms with Crippen LogP contribution in [0.3, 0.4) is 0 Å². The number of rotatable bonds is 4. The predicted octanol–water partition coefficient (Wildman–Crippen LogP) is 0.982. The van der Waals surface area contributed by atoms with Crippen LogP contribution in [0.4, 0.5) is 0 Å². The van der Waals surface area contributed by atoms with Gasteiger partial charge in [-0.05, 0) is 25.5 Å². The topological polar surface area (TPSA) is 48.1 Å². The number of nitrogens with two attached hydrogens (primary N) is 1. The van der Waals surface area contributed by atoms with Crippen LogP contribution in [0.25, 0.3) is 0 Å². The molecule has 2 N–H and O–H groups in total. The van der Waals surface area contributed by atoms with Gasteiger partial charge in [0.2, 0.25) is 0 Å². The van der Waals surface area contributed by atoms with E-state index in [0.29, 0.717) is 6.54 Å². The van der Waals surface area contributed by atoms with E-state index in [4.69, 9.17) is 10.5 Å². The van der Waals surface area contributed by atoms with Crippen molar-refractivity contribution in [2.24, 2.45) is 5.73 Å². The minimum Gasteiger partial charge on any atom is -0.496 e. The van der Waals surface area contributed by atoms with Crippen molar-refractivity contribution in [1.82, 2.24) is 4.98 Å². The van der Waals surface area contributed by atoms with Crippen molar-refractivity contribution in [2.45, 2.75) is 12.8 Å². The summed E-state index contributed by atoms with van der Waals surface area (Å²) in [5.41, 5.74) is 6.54. The van der Waals surface area contributed by atoms with Gasteiger partial charge in [0.1, 0.15) is 5.75 Å². The second-order valence-corrected chi connectivity index (χ2v) is 2.58. The average molecular weight is 166 g/mol. The van der Waals surface area contributed by atoms with E-state index in [2.05, 4.69) is 4.98 Å². The van der Waals surface area contributed by atoms with E-state index in [0.717, 1.165) is 24.2 Å². The molecular weight excluding hydrogens is 152 g/mol.